The summed E-state index contributed by atoms with van der Waals surface area (Å²) in [4.78, 5) is 25.6. The minimum atomic E-state index is -5.08. The summed E-state index contributed by atoms with van der Waals surface area (Å²) in [7, 11) is 0. The molecule has 0 bridgehead atoms. The van der Waals surface area contributed by atoms with E-state index in [-0.39, 0.29) is 6.10 Å². The number of carboxylic acid groups (broad SMARTS) is 1. The highest BCUT2D eigenvalue weighted by atomic mass is 19.4. The highest BCUT2D eigenvalue weighted by molar-refractivity contribution is 5.77. The zero-order chi connectivity index (χ0) is 21.0. The van der Waals surface area contributed by atoms with Crippen LogP contribution in [0.2, 0.25) is 0 Å². The maximum absolute atomic E-state index is 12.3. The van der Waals surface area contributed by atoms with E-state index in [0.29, 0.717) is 17.7 Å². The highest BCUT2D eigenvalue weighted by Gasteiger charge is 2.40. The van der Waals surface area contributed by atoms with E-state index in [9.17, 15) is 18.0 Å². The van der Waals surface area contributed by atoms with Gasteiger partial charge in [-0.1, -0.05) is 0 Å². The van der Waals surface area contributed by atoms with Gasteiger partial charge < -0.3 is 19.2 Å². The van der Waals surface area contributed by atoms with Crippen molar-refractivity contribution >= 4 is 11.9 Å². The topological polar surface area (TPSA) is 83.2 Å². The van der Waals surface area contributed by atoms with E-state index in [4.69, 9.17) is 19.1 Å². The fourth-order valence-corrected chi connectivity index (χ4v) is 3.63. The number of halogens is 3. The van der Waals surface area contributed by atoms with Crippen molar-refractivity contribution in [3.63, 3.8) is 0 Å². The average molecular weight is 418 g/mol. The quantitative estimate of drug-likeness (QED) is 0.809. The van der Waals surface area contributed by atoms with Gasteiger partial charge in [0, 0.05) is 38.5 Å². The number of hydrogen-bond acceptors (Lipinski definition) is 5. The summed E-state index contributed by atoms with van der Waals surface area (Å²) < 4.78 is 43.2. The molecule has 0 aromatic carbocycles. The van der Waals surface area contributed by atoms with Gasteiger partial charge in [-0.2, -0.15) is 13.2 Å². The molecule has 4 rings (SSSR count). The van der Waals surface area contributed by atoms with Gasteiger partial charge in [0.15, 0.2) is 0 Å². The van der Waals surface area contributed by atoms with Crippen molar-refractivity contribution in [3.05, 3.63) is 24.2 Å². The molecule has 3 fully saturated rings. The summed E-state index contributed by atoms with van der Waals surface area (Å²) in [5.41, 5.74) is 0. The molecular weight excluding hydrogens is 393 g/mol. The molecular formula is C19H25F3N2O5. The van der Waals surface area contributed by atoms with Crippen LogP contribution < -0.4 is 0 Å². The number of hydrogen-bond donors (Lipinski definition) is 1. The van der Waals surface area contributed by atoms with Gasteiger partial charge in [-0.05, 0) is 30.9 Å². The van der Waals surface area contributed by atoms with Gasteiger partial charge in [-0.25, -0.2) is 4.79 Å². The molecule has 3 aliphatic rings. The lowest BCUT2D eigenvalue weighted by atomic mass is 10.1. The number of carboxylic acids is 1. The van der Waals surface area contributed by atoms with Crippen molar-refractivity contribution in [2.45, 2.75) is 38.1 Å². The highest BCUT2D eigenvalue weighted by Crippen LogP contribution is 2.34. The van der Waals surface area contributed by atoms with E-state index in [1.807, 2.05) is 17.0 Å². The molecule has 1 aromatic heterocycles. The van der Waals surface area contributed by atoms with Crippen LogP contribution in [-0.4, -0.2) is 71.8 Å². The summed E-state index contributed by atoms with van der Waals surface area (Å²) in [5, 5.41) is 7.12. The van der Waals surface area contributed by atoms with Crippen LogP contribution in [0, 0.1) is 11.8 Å². The lowest BCUT2D eigenvalue weighted by molar-refractivity contribution is -0.192. The van der Waals surface area contributed by atoms with E-state index < -0.39 is 12.1 Å². The molecule has 1 saturated carbocycles. The molecule has 1 aromatic rings. The summed E-state index contributed by atoms with van der Waals surface area (Å²) >= 11 is 0. The van der Waals surface area contributed by atoms with E-state index in [1.54, 1.807) is 6.26 Å². The SMILES string of the molecule is O=C(CC1CC1)N1C[C@@H]2CN(Cc3ccco3)CCO[C@@H]2C1.O=C(O)C(F)(F)F. The second-order valence-electron chi connectivity index (χ2n) is 7.73. The number of carbonyl (C=O) groups excluding carboxylic acids is 1. The molecule has 1 N–H and O–H groups in total. The number of nitrogens with zero attached hydrogens (tertiary/aromatic N) is 2. The van der Waals surface area contributed by atoms with Gasteiger partial charge in [0.05, 0.1) is 25.5 Å². The Balaban J connectivity index is 0.000000298. The number of furan rings is 1. The Bertz CT molecular complexity index is 691. The van der Waals surface area contributed by atoms with Crippen molar-refractivity contribution in [1.29, 1.82) is 0 Å². The Kier molecular flexibility index (Phi) is 6.84. The van der Waals surface area contributed by atoms with Crippen molar-refractivity contribution in [3.8, 4) is 0 Å². The van der Waals surface area contributed by atoms with Crippen molar-refractivity contribution in [2.24, 2.45) is 11.8 Å². The summed E-state index contributed by atoms with van der Waals surface area (Å²) in [5.74, 6) is -0.336. The molecule has 10 heteroatoms. The Hall–Kier alpha value is -2.07. The third-order valence-electron chi connectivity index (χ3n) is 5.33. The van der Waals surface area contributed by atoms with Gasteiger partial charge >= 0.3 is 12.1 Å². The van der Waals surface area contributed by atoms with E-state index >= 15 is 0 Å². The molecule has 0 spiro atoms. The van der Waals surface area contributed by atoms with Crippen LogP contribution in [0.3, 0.4) is 0 Å². The molecule has 0 unspecified atom stereocenters. The summed E-state index contributed by atoms with van der Waals surface area (Å²) in [6.07, 6.45) is 0.0695. The Labute approximate surface area is 166 Å². The number of alkyl halides is 3. The van der Waals surface area contributed by atoms with Crippen LogP contribution in [0.15, 0.2) is 22.8 Å². The number of amides is 1. The van der Waals surface area contributed by atoms with E-state index in [1.165, 1.54) is 12.8 Å². The number of fused-ring (bicyclic) bond motifs is 1. The standard InChI is InChI=1S/C17H24N2O3.C2HF3O2/c20-17(8-13-3-4-13)19-10-14-9-18(5-7-22-16(14)12-19)11-15-2-1-6-21-15;3-2(4,5)1(6)7/h1-2,6,13-14,16H,3-5,7-12H2;(H,6,7)/t14-,16+;/m0./s1. The van der Waals surface area contributed by atoms with Crippen LogP contribution in [0.4, 0.5) is 13.2 Å². The van der Waals surface area contributed by atoms with Crippen LogP contribution in [0.25, 0.3) is 0 Å². The monoisotopic (exact) mass is 418 g/mol. The third-order valence-corrected chi connectivity index (χ3v) is 5.33. The smallest absolute Gasteiger partial charge is 0.475 e. The normalized spacial score (nSPS) is 25.0. The minimum absolute atomic E-state index is 0.213. The van der Waals surface area contributed by atoms with Crippen LogP contribution in [-0.2, 0) is 20.9 Å². The Morgan fingerprint density at radius 1 is 1.21 bits per heavy atom. The summed E-state index contributed by atoms with van der Waals surface area (Å²) in [6.45, 7) is 5.13. The van der Waals surface area contributed by atoms with Gasteiger partial charge in [0.25, 0.3) is 0 Å². The first-order chi connectivity index (χ1) is 13.7. The molecule has 3 heterocycles. The zero-order valence-electron chi connectivity index (χ0n) is 15.9. The number of ether oxygens (including phenoxy) is 1. The number of rotatable bonds is 4. The van der Waals surface area contributed by atoms with Gasteiger partial charge in [0.2, 0.25) is 5.91 Å². The molecule has 29 heavy (non-hydrogen) atoms. The van der Waals surface area contributed by atoms with Crippen LogP contribution in [0.1, 0.15) is 25.0 Å². The van der Waals surface area contributed by atoms with Crippen molar-refractivity contribution in [2.75, 3.05) is 32.8 Å². The maximum Gasteiger partial charge on any atom is 0.490 e. The average Bonchev–Trinajstić information content (AvgIpc) is 3.20. The molecule has 0 radical (unpaired) electrons. The fourth-order valence-electron chi connectivity index (χ4n) is 3.63. The first kappa shape index (κ1) is 21.6. The number of likely N-dealkylation sites (tertiary alicyclic amines) is 1. The Morgan fingerprint density at radius 3 is 2.52 bits per heavy atom. The first-order valence-corrected chi connectivity index (χ1v) is 9.66. The molecule has 1 amide bonds. The van der Waals surface area contributed by atoms with E-state index in [0.717, 1.165) is 51.5 Å². The molecule has 2 atom stereocenters. The zero-order valence-corrected chi connectivity index (χ0v) is 15.9. The molecule has 1 aliphatic carbocycles. The van der Waals surface area contributed by atoms with Crippen molar-refractivity contribution < 1.29 is 37.0 Å². The van der Waals surface area contributed by atoms with Gasteiger partial charge in [-0.3, -0.25) is 9.69 Å². The second-order valence-corrected chi connectivity index (χ2v) is 7.73. The predicted octanol–water partition coefficient (Wildman–Crippen LogP) is 2.37. The number of aliphatic carboxylic acids is 1. The largest absolute Gasteiger partial charge is 0.490 e. The van der Waals surface area contributed by atoms with Gasteiger partial charge in [0.1, 0.15) is 5.76 Å². The lowest BCUT2D eigenvalue weighted by Gasteiger charge is -2.22. The number of carbonyl (C=O) groups is 2. The molecule has 2 saturated heterocycles. The first-order valence-electron chi connectivity index (χ1n) is 9.66. The van der Waals surface area contributed by atoms with Crippen LogP contribution >= 0.6 is 0 Å². The molecule has 2 aliphatic heterocycles. The fraction of sp³-hybridized carbons (Fsp3) is 0.684. The predicted molar refractivity (Wildman–Crippen MR) is 94.8 cm³/mol. The maximum atomic E-state index is 12.3. The van der Waals surface area contributed by atoms with Crippen LogP contribution in [0.5, 0.6) is 0 Å². The minimum Gasteiger partial charge on any atom is -0.475 e. The third kappa shape index (κ3) is 6.46. The lowest BCUT2D eigenvalue weighted by Crippen LogP contribution is -2.33. The van der Waals surface area contributed by atoms with E-state index in [2.05, 4.69) is 4.90 Å². The molecule has 162 valence electrons. The summed E-state index contributed by atoms with van der Waals surface area (Å²) in [6, 6.07) is 3.95. The van der Waals surface area contributed by atoms with Gasteiger partial charge in [-0.15, -0.1) is 0 Å². The molecule has 7 nitrogen and oxygen atoms in total. The second kappa shape index (κ2) is 9.17. The Morgan fingerprint density at radius 2 is 1.93 bits per heavy atom. The van der Waals surface area contributed by atoms with Crippen molar-refractivity contribution in [1.82, 2.24) is 9.80 Å².